The Morgan fingerprint density at radius 2 is 1.83 bits per heavy atom. The highest BCUT2D eigenvalue weighted by molar-refractivity contribution is 5.73. The predicted octanol–water partition coefficient (Wildman–Crippen LogP) is 2.54. The number of para-hydroxylation sites is 2. The van der Waals surface area contributed by atoms with Crippen molar-refractivity contribution in [2.24, 2.45) is 0 Å². The molecule has 2 aromatic heterocycles. The van der Waals surface area contributed by atoms with Crippen LogP contribution in [0.25, 0.3) is 22.5 Å². The molecule has 4 rings (SSSR count). The van der Waals surface area contributed by atoms with Crippen molar-refractivity contribution in [1.29, 1.82) is 0 Å². The van der Waals surface area contributed by atoms with Gasteiger partial charge in [0.1, 0.15) is 17.8 Å². The van der Waals surface area contributed by atoms with Crippen LogP contribution in [0, 0.1) is 0 Å². The molecule has 23 heavy (non-hydrogen) atoms. The number of hydrogen-bond acceptors (Lipinski definition) is 6. The molecule has 114 valence electrons. The van der Waals surface area contributed by atoms with Gasteiger partial charge in [0, 0.05) is 0 Å². The molecule has 0 aliphatic heterocycles. The summed E-state index contributed by atoms with van der Waals surface area (Å²) in [5.41, 5.74) is 2.51. The summed E-state index contributed by atoms with van der Waals surface area (Å²) in [6, 6.07) is 15.2. The van der Waals surface area contributed by atoms with Gasteiger partial charge in [-0.15, -0.1) is 15.3 Å². The summed E-state index contributed by atoms with van der Waals surface area (Å²) in [7, 11) is 1.61. The molecule has 0 aliphatic rings. The Hall–Kier alpha value is -3.22. The third-order valence-electron chi connectivity index (χ3n) is 3.51. The average Bonchev–Trinajstić information content (AvgIpc) is 3.23. The Balaban J connectivity index is 1.66. The molecule has 0 radical (unpaired) electrons. The highest BCUT2D eigenvalue weighted by Crippen LogP contribution is 2.28. The fourth-order valence-electron chi connectivity index (χ4n) is 2.41. The normalized spacial score (nSPS) is 11.0. The fourth-order valence-corrected chi connectivity index (χ4v) is 2.41. The van der Waals surface area contributed by atoms with Crippen LogP contribution < -0.4 is 4.74 Å². The summed E-state index contributed by atoms with van der Waals surface area (Å²) < 4.78 is 12.8. The molecule has 0 aliphatic carbocycles. The zero-order chi connectivity index (χ0) is 15.6. The smallest absolute Gasteiger partial charge is 0.251 e. The second-order valence-electron chi connectivity index (χ2n) is 4.94. The maximum atomic E-state index is 5.74. The molecule has 0 amide bonds. The van der Waals surface area contributed by atoms with Crippen LogP contribution >= 0.6 is 0 Å². The molecule has 0 spiro atoms. The number of hydrogen-bond donors (Lipinski definition) is 0. The summed E-state index contributed by atoms with van der Waals surface area (Å²) in [5, 5.41) is 16.4. The van der Waals surface area contributed by atoms with Crippen molar-refractivity contribution in [2.75, 3.05) is 7.11 Å². The van der Waals surface area contributed by atoms with Crippen LogP contribution in [0.4, 0.5) is 0 Å². The lowest BCUT2D eigenvalue weighted by molar-refractivity contribution is 0.412. The minimum absolute atomic E-state index is 0.364. The Kier molecular flexibility index (Phi) is 3.23. The van der Waals surface area contributed by atoms with Crippen LogP contribution in [0.2, 0.25) is 0 Å². The number of aromatic nitrogens is 5. The van der Waals surface area contributed by atoms with E-state index < -0.39 is 0 Å². The zero-order valence-corrected chi connectivity index (χ0v) is 12.4. The van der Waals surface area contributed by atoms with E-state index in [-0.39, 0.29) is 0 Å². The minimum Gasteiger partial charge on any atom is -0.496 e. The molecule has 2 aromatic carbocycles. The van der Waals surface area contributed by atoms with Gasteiger partial charge < -0.3 is 9.15 Å². The Morgan fingerprint density at radius 3 is 2.74 bits per heavy atom. The monoisotopic (exact) mass is 307 g/mol. The molecular weight excluding hydrogens is 294 g/mol. The van der Waals surface area contributed by atoms with Gasteiger partial charge in [-0.3, -0.25) is 0 Å². The number of rotatable bonds is 4. The number of benzene rings is 2. The molecule has 7 heteroatoms. The fraction of sp³-hybridized carbons (Fsp3) is 0.125. The van der Waals surface area contributed by atoms with Crippen LogP contribution in [0.5, 0.6) is 5.75 Å². The van der Waals surface area contributed by atoms with Crippen LogP contribution in [-0.2, 0) is 6.54 Å². The van der Waals surface area contributed by atoms with Gasteiger partial charge in [-0.2, -0.15) is 0 Å². The molecule has 7 nitrogen and oxygen atoms in total. The lowest BCUT2D eigenvalue weighted by Gasteiger charge is -2.03. The van der Waals surface area contributed by atoms with Crippen LogP contribution in [0.15, 0.2) is 52.9 Å². The number of nitrogens with zero attached hydrogens (tertiary/aromatic N) is 5. The average molecular weight is 307 g/mol. The Bertz CT molecular complexity index is 960. The molecule has 0 unspecified atom stereocenters. The van der Waals surface area contributed by atoms with Gasteiger partial charge in [0.2, 0.25) is 5.89 Å². The van der Waals surface area contributed by atoms with E-state index in [4.69, 9.17) is 9.15 Å². The highest BCUT2D eigenvalue weighted by atomic mass is 16.5. The van der Waals surface area contributed by atoms with Gasteiger partial charge in [-0.25, -0.2) is 4.68 Å². The Labute approximate surface area is 131 Å². The van der Waals surface area contributed by atoms with Crippen molar-refractivity contribution >= 4 is 11.0 Å². The van der Waals surface area contributed by atoms with Gasteiger partial charge in [0.25, 0.3) is 5.89 Å². The van der Waals surface area contributed by atoms with Crippen molar-refractivity contribution in [3.8, 4) is 17.2 Å². The first-order valence-corrected chi connectivity index (χ1v) is 7.09. The molecule has 0 saturated heterocycles. The molecule has 0 fully saturated rings. The summed E-state index contributed by atoms with van der Waals surface area (Å²) in [5.74, 6) is 1.57. The van der Waals surface area contributed by atoms with Crippen LogP contribution in [0.1, 0.15) is 5.89 Å². The molecular formula is C16H13N5O2. The van der Waals surface area contributed by atoms with E-state index in [0.29, 0.717) is 24.1 Å². The first-order chi connectivity index (χ1) is 11.3. The summed E-state index contributed by atoms with van der Waals surface area (Å²) in [6.45, 7) is 0.364. The highest BCUT2D eigenvalue weighted by Gasteiger charge is 2.14. The molecule has 0 N–H and O–H groups in total. The number of ether oxygens (including phenoxy) is 1. The van der Waals surface area contributed by atoms with Crippen molar-refractivity contribution in [2.45, 2.75) is 6.54 Å². The maximum absolute atomic E-state index is 5.74. The molecule has 4 aromatic rings. The Morgan fingerprint density at radius 1 is 1.00 bits per heavy atom. The van der Waals surface area contributed by atoms with E-state index >= 15 is 0 Å². The summed E-state index contributed by atoms with van der Waals surface area (Å²) in [6.07, 6.45) is 0. The van der Waals surface area contributed by atoms with Gasteiger partial charge in [-0.1, -0.05) is 29.5 Å². The largest absolute Gasteiger partial charge is 0.496 e. The standard InChI is InChI=1S/C16H13N5O2/c1-22-14-9-5-2-6-11(14)16-19-18-15(23-16)10-21-13-8-4-3-7-12(13)17-20-21/h2-9H,10H2,1H3. The van der Waals surface area contributed by atoms with Crippen molar-refractivity contribution in [1.82, 2.24) is 25.2 Å². The minimum atomic E-state index is 0.364. The molecule has 0 bridgehead atoms. The molecule has 0 atom stereocenters. The third-order valence-corrected chi connectivity index (χ3v) is 3.51. The first-order valence-electron chi connectivity index (χ1n) is 7.09. The molecule has 0 saturated carbocycles. The SMILES string of the molecule is COc1ccccc1-c1nnc(Cn2nnc3ccccc32)o1. The van der Waals surface area contributed by atoms with Crippen molar-refractivity contribution in [3.63, 3.8) is 0 Å². The quantitative estimate of drug-likeness (QED) is 0.576. The van der Waals surface area contributed by atoms with E-state index in [9.17, 15) is 0 Å². The topological polar surface area (TPSA) is 78.9 Å². The predicted molar refractivity (Wildman–Crippen MR) is 82.9 cm³/mol. The van der Waals surface area contributed by atoms with E-state index in [1.807, 2.05) is 48.5 Å². The van der Waals surface area contributed by atoms with E-state index in [1.165, 1.54) is 0 Å². The van der Waals surface area contributed by atoms with Gasteiger partial charge in [0.05, 0.1) is 18.2 Å². The second kappa shape index (κ2) is 5.53. The summed E-state index contributed by atoms with van der Waals surface area (Å²) in [4.78, 5) is 0. The lowest BCUT2D eigenvalue weighted by atomic mass is 10.2. The van der Waals surface area contributed by atoms with Crippen LogP contribution in [-0.4, -0.2) is 32.3 Å². The van der Waals surface area contributed by atoms with Gasteiger partial charge in [0.15, 0.2) is 0 Å². The van der Waals surface area contributed by atoms with Crippen molar-refractivity contribution in [3.05, 3.63) is 54.4 Å². The van der Waals surface area contributed by atoms with E-state index in [1.54, 1.807) is 11.8 Å². The lowest BCUT2D eigenvalue weighted by Crippen LogP contribution is -2.02. The number of fused-ring (bicyclic) bond motifs is 1. The van der Waals surface area contributed by atoms with E-state index in [0.717, 1.165) is 16.6 Å². The first kappa shape index (κ1) is 13.4. The van der Waals surface area contributed by atoms with Gasteiger partial charge >= 0.3 is 0 Å². The van der Waals surface area contributed by atoms with Crippen LogP contribution in [0.3, 0.4) is 0 Å². The number of methoxy groups -OCH3 is 1. The zero-order valence-electron chi connectivity index (χ0n) is 12.4. The second-order valence-corrected chi connectivity index (χ2v) is 4.94. The summed E-state index contributed by atoms with van der Waals surface area (Å²) >= 11 is 0. The van der Waals surface area contributed by atoms with E-state index in [2.05, 4.69) is 20.5 Å². The molecule has 2 heterocycles. The van der Waals surface area contributed by atoms with Crippen molar-refractivity contribution < 1.29 is 9.15 Å². The van der Waals surface area contributed by atoms with Gasteiger partial charge in [-0.05, 0) is 24.3 Å². The third kappa shape index (κ3) is 2.42. The maximum Gasteiger partial charge on any atom is 0.251 e.